The quantitative estimate of drug-likeness (QED) is 0.476. The van der Waals surface area contributed by atoms with E-state index in [2.05, 4.69) is 4.98 Å². The number of methoxy groups -OCH3 is 2. The number of carbonyl (C=O) groups is 1. The SMILES string of the molecule is COc1ccc(S(=O)(=O)CC(=O)N(CC2CCCO2)c2nc3c(OC)ccc(C)c3s2)cc1. The van der Waals surface area contributed by atoms with Gasteiger partial charge < -0.3 is 14.2 Å². The summed E-state index contributed by atoms with van der Waals surface area (Å²) in [5.74, 6) is -0.0671. The van der Waals surface area contributed by atoms with E-state index < -0.39 is 21.5 Å². The number of anilines is 1. The molecule has 1 amide bonds. The van der Waals surface area contributed by atoms with Crippen LogP contribution in [0.4, 0.5) is 5.13 Å². The Balaban J connectivity index is 1.67. The predicted molar refractivity (Wildman–Crippen MR) is 127 cm³/mol. The molecule has 0 radical (unpaired) electrons. The van der Waals surface area contributed by atoms with E-state index in [4.69, 9.17) is 14.2 Å². The number of amides is 1. The minimum Gasteiger partial charge on any atom is -0.497 e. The molecule has 3 aromatic rings. The largest absolute Gasteiger partial charge is 0.497 e. The highest BCUT2D eigenvalue weighted by Gasteiger charge is 2.30. The number of nitrogens with zero attached hydrogens (tertiary/aromatic N) is 2. The van der Waals surface area contributed by atoms with E-state index in [1.54, 1.807) is 19.2 Å². The van der Waals surface area contributed by atoms with E-state index in [1.165, 1.54) is 35.5 Å². The summed E-state index contributed by atoms with van der Waals surface area (Å²) in [6, 6.07) is 9.77. The van der Waals surface area contributed by atoms with Crippen LogP contribution in [0.2, 0.25) is 0 Å². The van der Waals surface area contributed by atoms with Crippen LogP contribution in [-0.4, -0.2) is 58.5 Å². The standard InChI is InChI=1S/C23H26N2O6S2/c1-15-6-11-19(30-3)21-22(15)32-23(24-21)25(13-17-5-4-12-31-17)20(26)14-33(27,28)18-9-7-16(29-2)8-10-18/h6-11,17H,4-5,12-14H2,1-3H3. The highest BCUT2D eigenvalue weighted by atomic mass is 32.2. The Morgan fingerprint density at radius 2 is 1.94 bits per heavy atom. The fourth-order valence-corrected chi connectivity index (χ4v) is 6.04. The summed E-state index contributed by atoms with van der Waals surface area (Å²) in [7, 11) is -0.784. The first-order valence-electron chi connectivity index (χ1n) is 10.6. The van der Waals surface area contributed by atoms with E-state index >= 15 is 0 Å². The first kappa shape index (κ1) is 23.5. The molecule has 2 aromatic carbocycles. The zero-order chi connectivity index (χ0) is 23.6. The van der Waals surface area contributed by atoms with Crippen LogP contribution < -0.4 is 14.4 Å². The van der Waals surface area contributed by atoms with E-state index in [9.17, 15) is 13.2 Å². The van der Waals surface area contributed by atoms with Crippen LogP contribution in [0.25, 0.3) is 10.2 Å². The molecule has 1 unspecified atom stereocenters. The van der Waals surface area contributed by atoms with Gasteiger partial charge in [0.25, 0.3) is 0 Å². The van der Waals surface area contributed by atoms with Crippen molar-refractivity contribution in [1.82, 2.24) is 4.98 Å². The molecule has 176 valence electrons. The maximum Gasteiger partial charge on any atom is 0.244 e. The van der Waals surface area contributed by atoms with Crippen LogP contribution in [0.1, 0.15) is 18.4 Å². The van der Waals surface area contributed by atoms with Crippen molar-refractivity contribution in [3.05, 3.63) is 42.0 Å². The highest BCUT2D eigenvalue weighted by Crippen LogP contribution is 2.37. The first-order valence-corrected chi connectivity index (χ1v) is 13.0. The second kappa shape index (κ2) is 9.66. The second-order valence-electron chi connectivity index (χ2n) is 7.83. The van der Waals surface area contributed by atoms with Crippen LogP contribution in [0.15, 0.2) is 41.3 Å². The van der Waals surface area contributed by atoms with Crippen LogP contribution in [0.5, 0.6) is 11.5 Å². The molecule has 0 spiro atoms. The Morgan fingerprint density at radius 1 is 1.18 bits per heavy atom. The number of thiazole rings is 1. The van der Waals surface area contributed by atoms with Gasteiger partial charge in [0.1, 0.15) is 22.8 Å². The molecule has 0 aliphatic carbocycles. The molecule has 2 heterocycles. The number of benzene rings is 2. The smallest absolute Gasteiger partial charge is 0.244 e. The van der Waals surface area contributed by atoms with Gasteiger partial charge in [-0.1, -0.05) is 17.4 Å². The number of hydrogen-bond donors (Lipinski definition) is 0. The third-order valence-corrected chi connectivity index (χ3v) is 8.42. The number of aryl methyl sites for hydroxylation is 1. The van der Waals surface area contributed by atoms with Crippen molar-refractivity contribution in [2.24, 2.45) is 0 Å². The zero-order valence-corrected chi connectivity index (χ0v) is 20.4. The van der Waals surface area contributed by atoms with Gasteiger partial charge in [0.2, 0.25) is 5.91 Å². The Morgan fingerprint density at radius 3 is 2.58 bits per heavy atom. The molecule has 1 aliphatic heterocycles. The van der Waals surface area contributed by atoms with Crippen molar-refractivity contribution >= 4 is 42.4 Å². The Labute approximate surface area is 197 Å². The van der Waals surface area contributed by atoms with Crippen LogP contribution in [0, 0.1) is 6.92 Å². The Bertz CT molecular complexity index is 1250. The molecule has 1 aliphatic rings. The minimum absolute atomic E-state index is 0.0653. The fourth-order valence-electron chi connectivity index (χ4n) is 3.76. The summed E-state index contributed by atoms with van der Waals surface area (Å²) in [5, 5.41) is 0.433. The van der Waals surface area contributed by atoms with Crippen LogP contribution in [0.3, 0.4) is 0 Å². The zero-order valence-electron chi connectivity index (χ0n) is 18.7. The van der Waals surface area contributed by atoms with Crippen molar-refractivity contribution < 1.29 is 27.4 Å². The van der Waals surface area contributed by atoms with Gasteiger partial charge in [0, 0.05) is 6.61 Å². The minimum atomic E-state index is -3.86. The van der Waals surface area contributed by atoms with E-state index in [1.807, 2.05) is 19.1 Å². The summed E-state index contributed by atoms with van der Waals surface area (Å²) in [4.78, 5) is 19.5. The summed E-state index contributed by atoms with van der Waals surface area (Å²) < 4.78 is 43.1. The lowest BCUT2D eigenvalue weighted by Gasteiger charge is -2.23. The number of hydrogen-bond acceptors (Lipinski definition) is 8. The van der Waals surface area contributed by atoms with Gasteiger partial charge in [0.15, 0.2) is 15.0 Å². The Hall–Kier alpha value is -2.69. The number of sulfone groups is 1. The molecule has 0 saturated carbocycles. The molecular weight excluding hydrogens is 464 g/mol. The summed E-state index contributed by atoms with van der Waals surface area (Å²) >= 11 is 1.35. The van der Waals surface area contributed by atoms with Gasteiger partial charge in [-0.15, -0.1) is 0 Å². The molecular formula is C23H26N2O6S2. The molecule has 33 heavy (non-hydrogen) atoms. The summed E-state index contributed by atoms with van der Waals surface area (Å²) in [6.45, 7) is 2.84. The molecule has 1 atom stereocenters. The lowest BCUT2D eigenvalue weighted by Crippen LogP contribution is -2.40. The summed E-state index contributed by atoms with van der Waals surface area (Å²) in [6.07, 6.45) is 1.55. The van der Waals surface area contributed by atoms with Crippen LogP contribution >= 0.6 is 11.3 Å². The van der Waals surface area contributed by atoms with Crippen molar-refractivity contribution in [3.8, 4) is 11.5 Å². The van der Waals surface area contributed by atoms with E-state index in [0.717, 1.165) is 23.1 Å². The Kier molecular flexibility index (Phi) is 6.87. The molecule has 1 aromatic heterocycles. The van der Waals surface area contributed by atoms with Crippen molar-refractivity contribution in [1.29, 1.82) is 0 Å². The number of ether oxygens (including phenoxy) is 3. The van der Waals surface area contributed by atoms with E-state index in [-0.39, 0.29) is 17.5 Å². The number of rotatable bonds is 8. The average Bonchev–Trinajstić information content (AvgIpc) is 3.48. The maximum absolute atomic E-state index is 13.4. The van der Waals surface area contributed by atoms with Crippen molar-refractivity contribution in [2.45, 2.75) is 30.8 Å². The fraction of sp³-hybridized carbons (Fsp3) is 0.391. The predicted octanol–water partition coefficient (Wildman–Crippen LogP) is 3.61. The third kappa shape index (κ3) is 4.97. The van der Waals surface area contributed by atoms with Gasteiger partial charge in [-0.3, -0.25) is 9.69 Å². The lowest BCUT2D eigenvalue weighted by molar-refractivity contribution is -0.116. The first-order chi connectivity index (χ1) is 15.8. The molecule has 10 heteroatoms. The number of carbonyl (C=O) groups excluding carboxylic acids is 1. The number of fused-ring (bicyclic) bond motifs is 1. The molecule has 1 saturated heterocycles. The second-order valence-corrected chi connectivity index (χ2v) is 10.8. The van der Waals surface area contributed by atoms with Gasteiger partial charge in [-0.05, 0) is 55.7 Å². The van der Waals surface area contributed by atoms with Gasteiger partial charge in [-0.25, -0.2) is 13.4 Å². The third-order valence-electron chi connectivity index (χ3n) is 5.59. The topological polar surface area (TPSA) is 95.0 Å². The average molecular weight is 491 g/mol. The van der Waals surface area contributed by atoms with Gasteiger partial charge >= 0.3 is 0 Å². The normalized spacial score (nSPS) is 16.2. The molecule has 0 N–H and O–H groups in total. The van der Waals surface area contributed by atoms with Crippen LogP contribution in [-0.2, 0) is 19.4 Å². The lowest BCUT2D eigenvalue weighted by atomic mass is 10.2. The molecule has 4 rings (SSSR count). The molecule has 8 nitrogen and oxygen atoms in total. The van der Waals surface area contributed by atoms with Gasteiger partial charge in [0.05, 0.1) is 36.5 Å². The van der Waals surface area contributed by atoms with Crippen molar-refractivity contribution in [3.63, 3.8) is 0 Å². The molecule has 1 fully saturated rings. The van der Waals surface area contributed by atoms with Crippen molar-refractivity contribution in [2.75, 3.05) is 38.0 Å². The van der Waals surface area contributed by atoms with E-state index in [0.29, 0.717) is 28.8 Å². The summed E-state index contributed by atoms with van der Waals surface area (Å²) in [5.41, 5.74) is 1.66. The molecule has 0 bridgehead atoms. The maximum atomic E-state index is 13.4. The van der Waals surface area contributed by atoms with Gasteiger partial charge in [-0.2, -0.15) is 0 Å². The monoisotopic (exact) mass is 490 g/mol. The highest BCUT2D eigenvalue weighted by molar-refractivity contribution is 7.92. The number of aromatic nitrogens is 1.